The van der Waals surface area contributed by atoms with Gasteiger partial charge in [-0.05, 0) is 25.0 Å². The van der Waals surface area contributed by atoms with E-state index in [2.05, 4.69) is 19.9 Å². The molecular weight excluding hydrogens is 316 g/mol. The van der Waals surface area contributed by atoms with Gasteiger partial charge in [0.2, 0.25) is 5.91 Å². The molecule has 4 rings (SSSR count). The number of aryl methyl sites for hydroxylation is 1. The van der Waals surface area contributed by atoms with Crippen LogP contribution in [0, 0.1) is 0 Å². The number of hydrogen-bond donors (Lipinski definition) is 0. The number of nitrogens with zero attached hydrogens (tertiary/aromatic N) is 6. The minimum Gasteiger partial charge on any atom is -0.369 e. The average Bonchev–Trinajstić information content (AvgIpc) is 3.09. The summed E-state index contributed by atoms with van der Waals surface area (Å²) < 4.78 is 1.75. The lowest BCUT2D eigenvalue weighted by atomic mass is 10.0. The Hall–Kier alpha value is -2.41. The lowest BCUT2D eigenvalue weighted by Gasteiger charge is -2.42. The van der Waals surface area contributed by atoms with E-state index in [1.165, 1.54) is 5.69 Å². The first-order valence-corrected chi connectivity index (χ1v) is 8.91. The molecule has 1 amide bonds. The third-order valence-electron chi connectivity index (χ3n) is 5.20. The zero-order chi connectivity index (χ0) is 17.2. The van der Waals surface area contributed by atoms with Crippen LogP contribution in [-0.4, -0.2) is 64.3 Å². The van der Waals surface area contributed by atoms with E-state index >= 15 is 0 Å². The van der Waals surface area contributed by atoms with Gasteiger partial charge in [-0.25, -0.2) is 0 Å². The molecular formula is C18H24N6O. The molecule has 0 bridgehead atoms. The third kappa shape index (κ3) is 3.24. The van der Waals surface area contributed by atoms with Crippen LogP contribution in [-0.2, 0) is 11.8 Å². The molecule has 0 spiro atoms. The first-order valence-electron chi connectivity index (χ1n) is 8.91. The number of hydrogen-bond acceptors (Lipinski definition) is 5. The summed E-state index contributed by atoms with van der Waals surface area (Å²) in [5, 5.41) is 4.20. The van der Waals surface area contributed by atoms with Gasteiger partial charge in [-0.1, -0.05) is 0 Å². The smallest absolute Gasteiger partial charge is 0.244 e. The number of rotatable bonds is 3. The van der Waals surface area contributed by atoms with Crippen molar-refractivity contribution in [3.05, 3.63) is 36.9 Å². The zero-order valence-corrected chi connectivity index (χ0v) is 14.6. The van der Waals surface area contributed by atoms with Crippen molar-refractivity contribution in [3.63, 3.8) is 0 Å². The van der Waals surface area contributed by atoms with E-state index in [0.717, 1.165) is 51.3 Å². The fraction of sp³-hybridized carbons (Fsp3) is 0.500. The van der Waals surface area contributed by atoms with E-state index in [-0.39, 0.29) is 11.9 Å². The van der Waals surface area contributed by atoms with Crippen molar-refractivity contribution >= 4 is 17.3 Å². The van der Waals surface area contributed by atoms with Gasteiger partial charge in [-0.3, -0.25) is 19.4 Å². The molecule has 4 heterocycles. The van der Waals surface area contributed by atoms with E-state index in [1.807, 2.05) is 42.7 Å². The maximum Gasteiger partial charge on any atom is 0.244 e. The normalized spacial score (nSPS) is 22.4. The first kappa shape index (κ1) is 16.1. The molecule has 2 aliphatic rings. The number of aromatic nitrogens is 3. The number of piperidine rings is 1. The number of anilines is 2. The molecule has 2 saturated heterocycles. The van der Waals surface area contributed by atoms with E-state index in [9.17, 15) is 4.79 Å². The molecule has 1 unspecified atom stereocenters. The van der Waals surface area contributed by atoms with E-state index in [1.54, 1.807) is 10.9 Å². The largest absolute Gasteiger partial charge is 0.369 e. The molecule has 0 aromatic carbocycles. The Morgan fingerprint density at radius 3 is 2.48 bits per heavy atom. The maximum atomic E-state index is 13.0. The van der Waals surface area contributed by atoms with Crippen molar-refractivity contribution in [2.24, 2.45) is 7.05 Å². The van der Waals surface area contributed by atoms with Gasteiger partial charge in [0.05, 0.1) is 17.9 Å². The van der Waals surface area contributed by atoms with Gasteiger partial charge in [0.1, 0.15) is 0 Å². The fourth-order valence-electron chi connectivity index (χ4n) is 3.85. The molecule has 0 N–H and O–H groups in total. The Bertz CT molecular complexity index is 722. The van der Waals surface area contributed by atoms with Crippen molar-refractivity contribution < 1.29 is 4.79 Å². The molecule has 132 valence electrons. The fourth-order valence-corrected chi connectivity index (χ4v) is 3.85. The Labute approximate surface area is 147 Å². The number of piperazine rings is 1. The van der Waals surface area contributed by atoms with Gasteiger partial charge in [0.15, 0.2) is 0 Å². The number of carbonyl (C=O) groups excluding carboxylic acids is 1. The van der Waals surface area contributed by atoms with Gasteiger partial charge in [-0.15, -0.1) is 0 Å². The predicted octanol–water partition coefficient (Wildman–Crippen LogP) is 1.13. The van der Waals surface area contributed by atoms with E-state index < -0.39 is 0 Å². The number of pyridine rings is 1. The van der Waals surface area contributed by atoms with Crippen LogP contribution < -0.4 is 9.80 Å². The van der Waals surface area contributed by atoms with Crippen molar-refractivity contribution in [2.75, 3.05) is 42.5 Å². The summed E-state index contributed by atoms with van der Waals surface area (Å²) in [6, 6.07) is 4.09. The highest BCUT2D eigenvalue weighted by Crippen LogP contribution is 2.25. The van der Waals surface area contributed by atoms with Crippen LogP contribution in [0.25, 0.3) is 0 Å². The zero-order valence-electron chi connectivity index (χ0n) is 14.6. The maximum absolute atomic E-state index is 13.0. The SMILES string of the molecule is Cn1cc(N2CCCC(N3CCN(c4ccncc4)CC3)C2=O)cn1. The first-order chi connectivity index (χ1) is 12.2. The molecule has 2 aromatic heterocycles. The van der Waals surface area contributed by atoms with Crippen LogP contribution in [0.1, 0.15) is 12.8 Å². The van der Waals surface area contributed by atoms with Gasteiger partial charge in [0, 0.05) is 64.0 Å². The topological polar surface area (TPSA) is 57.5 Å². The number of amides is 1. The molecule has 0 radical (unpaired) electrons. The standard InChI is InChI=1S/C18H24N6O/c1-21-14-16(13-20-21)24-8-2-3-17(18(24)25)23-11-9-22(10-12-23)15-4-6-19-7-5-15/h4-7,13-14,17H,2-3,8-12H2,1H3. The second kappa shape index (κ2) is 6.84. The minimum atomic E-state index is -0.00598. The minimum absolute atomic E-state index is 0.00598. The number of carbonyl (C=O) groups is 1. The highest BCUT2D eigenvalue weighted by Gasteiger charge is 2.35. The van der Waals surface area contributed by atoms with Crippen LogP contribution in [0.5, 0.6) is 0 Å². The molecule has 7 nitrogen and oxygen atoms in total. The van der Waals surface area contributed by atoms with Crippen molar-refractivity contribution in [1.29, 1.82) is 0 Å². The molecule has 1 atom stereocenters. The van der Waals surface area contributed by atoms with E-state index in [0.29, 0.717) is 0 Å². The lowest BCUT2D eigenvalue weighted by molar-refractivity contribution is -0.125. The van der Waals surface area contributed by atoms with Gasteiger partial charge in [-0.2, -0.15) is 5.10 Å². The molecule has 2 aliphatic heterocycles. The van der Waals surface area contributed by atoms with Gasteiger partial charge < -0.3 is 9.80 Å². The summed E-state index contributed by atoms with van der Waals surface area (Å²) in [7, 11) is 1.88. The molecule has 0 aliphatic carbocycles. The molecule has 7 heteroatoms. The highest BCUT2D eigenvalue weighted by molar-refractivity contribution is 5.97. The molecule has 25 heavy (non-hydrogen) atoms. The van der Waals surface area contributed by atoms with Crippen molar-refractivity contribution in [2.45, 2.75) is 18.9 Å². The quantitative estimate of drug-likeness (QED) is 0.838. The molecule has 2 fully saturated rings. The Morgan fingerprint density at radius 1 is 1.04 bits per heavy atom. The van der Waals surface area contributed by atoms with Crippen LogP contribution in [0.15, 0.2) is 36.9 Å². The monoisotopic (exact) mass is 340 g/mol. The molecule has 0 saturated carbocycles. The van der Waals surface area contributed by atoms with Crippen LogP contribution in [0.4, 0.5) is 11.4 Å². The summed E-state index contributed by atoms with van der Waals surface area (Å²) in [5.41, 5.74) is 2.12. The van der Waals surface area contributed by atoms with Gasteiger partial charge >= 0.3 is 0 Å². The van der Waals surface area contributed by atoms with E-state index in [4.69, 9.17) is 0 Å². The summed E-state index contributed by atoms with van der Waals surface area (Å²) in [6.07, 6.45) is 9.35. The Morgan fingerprint density at radius 2 is 1.80 bits per heavy atom. The second-order valence-corrected chi connectivity index (χ2v) is 6.75. The summed E-state index contributed by atoms with van der Waals surface area (Å²) >= 11 is 0. The van der Waals surface area contributed by atoms with Crippen LogP contribution in [0.2, 0.25) is 0 Å². The third-order valence-corrected chi connectivity index (χ3v) is 5.20. The Balaban J connectivity index is 1.41. The summed E-state index contributed by atoms with van der Waals surface area (Å²) in [6.45, 7) is 4.51. The lowest BCUT2D eigenvalue weighted by Crippen LogP contribution is -2.57. The van der Waals surface area contributed by atoms with Crippen LogP contribution >= 0.6 is 0 Å². The Kier molecular flexibility index (Phi) is 4.40. The predicted molar refractivity (Wildman–Crippen MR) is 96.6 cm³/mol. The highest BCUT2D eigenvalue weighted by atomic mass is 16.2. The second-order valence-electron chi connectivity index (χ2n) is 6.75. The average molecular weight is 340 g/mol. The van der Waals surface area contributed by atoms with Crippen LogP contribution in [0.3, 0.4) is 0 Å². The summed E-state index contributed by atoms with van der Waals surface area (Å²) in [5.74, 6) is 0.219. The van der Waals surface area contributed by atoms with Crippen molar-refractivity contribution in [1.82, 2.24) is 19.7 Å². The van der Waals surface area contributed by atoms with Gasteiger partial charge in [0.25, 0.3) is 0 Å². The molecule has 2 aromatic rings. The van der Waals surface area contributed by atoms with Crippen molar-refractivity contribution in [3.8, 4) is 0 Å². The summed E-state index contributed by atoms with van der Waals surface area (Å²) in [4.78, 5) is 23.7.